The Labute approximate surface area is 115 Å². The fraction of sp³-hybridized carbons (Fsp3) is 0.364. The van der Waals surface area contributed by atoms with Crippen molar-refractivity contribution < 1.29 is 9.90 Å². The number of hydrogen-bond donors (Lipinski definition) is 3. The summed E-state index contributed by atoms with van der Waals surface area (Å²) in [5, 5.41) is 12.3. The summed E-state index contributed by atoms with van der Waals surface area (Å²) in [4.78, 5) is 11.5. The quantitative estimate of drug-likeness (QED) is 0.748. The van der Waals surface area contributed by atoms with Crippen molar-refractivity contribution in [1.82, 2.24) is 0 Å². The first-order valence-electron chi connectivity index (χ1n) is 4.94. The second-order valence-corrected chi connectivity index (χ2v) is 4.73. The molecule has 1 aromatic carbocycles. The average molecular weight is 324 g/mol. The van der Waals surface area contributed by atoms with E-state index in [1.54, 1.807) is 19.1 Å². The van der Waals surface area contributed by atoms with Crippen molar-refractivity contribution in [3.05, 3.63) is 22.2 Å². The van der Waals surface area contributed by atoms with Crippen LogP contribution in [0, 0.1) is 6.92 Å². The van der Waals surface area contributed by atoms with E-state index >= 15 is 0 Å². The largest absolute Gasteiger partial charge is 0.505 e. The predicted molar refractivity (Wildman–Crippen MR) is 74.7 cm³/mol. The molecule has 6 heteroatoms. The molecule has 0 radical (unpaired) electrons. The summed E-state index contributed by atoms with van der Waals surface area (Å²) in [6.45, 7) is 3.64. The van der Waals surface area contributed by atoms with Crippen LogP contribution in [0.15, 0.2) is 16.6 Å². The van der Waals surface area contributed by atoms with Crippen molar-refractivity contribution in [1.29, 1.82) is 0 Å². The van der Waals surface area contributed by atoms with Crippen LogP contribution in [0.25, 0.3) is 0 Å². The minimum atomic E-state index is -0.206. The number of aryl methyl sites for hydroxylation is 1. The zero-order valence-electron chi connectivity index (χ0n) is 9.66. The Balaban J connectivity index is 0.00000256. The van der Waals surface area contributed by atoms with Crippen molar-refractivity contribution in [2.75, 3.05) is 5.32 Å². The number of phenols is 1. The van der Waals surface area contributed by atoms with E-state index < -0.39 is 0 Å². The number of nitrogens with two attached hydrogens (primary N) is 1. The third kappa shape index (κ3) is 4.93. The van der Waals surface area contributed by atoms with E-state index in [4.69, 9.17) is 5.73 Å². The van der Waals surface area contributed by atoms with Crippen molar-refractivity contribution in [2.24, 2.45) is 5.73 Å². The minimum Gasteiger partial charge on any atom is -0.505 e. The lowest BCUT2D eigenvalue weighted by atomic mass is 10.2. The number of nitrogens with one attached hydrogen (secondary N) is 1. The number of rotatable bonds is 3. The Bertz CT molecular complexity index is 411. The molecule has 4 nitrogen and oxygen atoms in total. The van der Waals surface area contributed by atoms with Gasteiger partial charge in [-0.15, -0.1) is 12.4 Å². The van der Waals surface area contributed by atoms with E-state index in [0.29, 0.717) is 10.2 Å². The van der Waals surface area contributed by atoms with Crippen molar-refractivity contribution in [3.63, 3.8) is 0 Å². The molecule has 0 aromatic heterocycles. The zero-order chi connectivity index (χ0) is 12.3. The van der Waals surface area contributed by atoms with Crippen LogP contribution in [0.3, 0.4) is 0 Å². The maximum atomic E-state index is 11.5. The minimum absolute atomic E-state index is 0. The molecule has 1 atom stereocenters. The fourth-order valence-corrected chi connectivity index (χ4v) is 1.90. The Morgan fingerprint density at radius 1 is 1.59 bits per heavy atom. The van der Waals surface area contributed by atoms with E-state index in [1.807, 2.05) is 6.92 Å². The summed E-state index contributed by atoms with van der Waals surface area (Å²) in [5.41, 5.74) is 6.86. The second-order valence-electron chi connectivity index (χ2n) is 3.87. The smallest absolute Gasteiger partial charge is 0.226 e. The molecule has 1 rings (SSSR count). The van der Waals surface area contributed by atoms with Crippen molar-refractivity contribution in [2.45, 2.75) is 26.3 Å². The third-order valence-electron chi connectivity index (χ3n) is 1.99. The molecule has 0 spiro atoms. The lowest BCUT2D eigenvalue weighted by molar-refractivity contribution is -0.116. The molecule has 1 aromatic rings. The molecule has 0 fully saturated rings. The zero-order valence-corrected chi connectivity index (χ0v) is 12.1. The highest BCUT2D eigenvalue weighted by Crippen LogP contribution is 2.33. The number of anilines is 1. The van der Waals surface area contributed by atoms with Crippen LogP contribution in [-0.4, -0.2) is 17.1 Å². The summed E-state index contributed by atoms with van der Waals surface area (Å²) >= 11 is 3.21. The van der Waals surface area contributed by atoms with Gasteiger partial charge in [0.15, 0.2) is 5.75 Å². The van der Waals surface area contributed by atoms with Crippen LogP contribution in [-0.2, 0) is 4.79 Å². The highest BCUT2D eigenvalue weighted by Gasteiger charge is 2.11. The first kappa shape index (κ1) is 16.2. The van der Waals surface area contributed by atoms with Gasteiger partial charge in [-0.25, -0.2) is 0 Å². The number of phenolic OH excluding ortho intramolecular Hbond substituents is 1. The normalized spacial score (nSPS) is 11.5. The molecule has 1 unspecified atom stereocenters. The van der Waals surface area contributed by atoms with Gasteiger partial charge in [-0.2, -0.15) is 0 Å². The molecule has 0 aliphatic carbocycles. The highest BCUT2D eigenvalue weighted by atomic mass is 79.9. The SMILES string of the molecule is Cc1cc(Br)c(O)c(NC(=O)CC(C)N)c1.Cl. The molecule has 17 heavy (non-hydrogen) atoms. The van der Waals surface area contributed by atoms with Gasteiger partial charge in [-0.05, 0) is 47.5 Å². The van der Waals surface area contributed by atoms with E-state index in [2.05, 4.69) is 21.2 Å². The fourth-order valence-electron chi connectivity index (χ4n) is 1.32. The topological polar surface area (TPSA) is 75.3 Å². The Morgan fingerprint density at radius 3 is 2.71 bits per heavy atom. The summed E-state index contributed by atoms with van der Waals surface area (Å²) < 4.78 is 0.559. The van der Waals surface area contributed by atoms with Crippen molar-refractivity contribution in [3.8, 4) is 5.75 Å². The van der Waals surface area contributed by atoms with Gasteiger partial charge >= 0.3 is 0 Å². The van der Waals surface area contributed by atoms with Crippen LogP contribution in [0.1, 0.15) is 18.9 Å². The molecule has 0 bridgehead atoms. The van der Waals surface area contributed by atoms with E-state index in [-0.39, 0.29) is 36.5 Å². The molecule has 96 valence electrons. The van der Waals surface area contributed by atoms with Crippen molar-refractivity contribution >= 4 is 39.9 Å². The lowest BCUT2D eigenvalue weighted by Gasteiger charge is -2.10. The summed E-state index contributed by atoms with van der Waals surface area (Å²) in [6.07, 6.45) is 0.227. The number of carbonyl (C=O) groups is 1. The third-order valence-corrected chi connectivity index (χ3v) is 2.59. The van der Waals surface area contributed by atoms with Gasteiger partial charge in [-0.1, -0.05) is 0 Å². The Morgan fingerprint density at radius 2 is 2.18 bits per heavy atom. The average Bonchev–Trinajstić information content (AvgIpc) is 2.11. The molecule has 0 aliphatic rings. The predicted octanol–water partition coefficient (Wildman–Crippen LogP) is 2.56. The molecule has 0 saturated heterocycles. The molecular weight excluding hydrogens is 307 g/mol. The molecule has 1 amide bonds. The number of aromatic hydroxyl groups is 1. The number of benzene rings is 1. The highest BCUT2D eigenvalue weighted by molar-refractivity contribution is 9.10. The van der Waals surface area contributed by atoms with Gasteiger partial charge in [0.2, 0.25) is 5.91 Å². The number of hydrogen-bond acceptors (Lipinski definition) is 3. The molecular formula is C11H16BrClN2O2. The van der Waals surface area contributed by atoms with Crippen LogP contribution in [0.5, 0.6) is 5.75 Å². The standard InChI is InChI=1S/C11H15BrN2O2.ClH/c1-6-3-8(12)11(16)9(4-6)14-10(15)5-7(2)13;/h3-4,7,16H,5,13H2,1-2H3,(H,14,15);1H. The Kier molecular flexibility index (Phi) is 6.52. The van der Waals surface area contributed by atoms with Gasteiger partial charge in [0.1, 0.15) is 0 Å². The van der Waals surface area contributed by atoms with Gasteiger partial charge < -0.3 is 16.2 Å². The van der Waals surface area contributed by atoms with E-state index in [1.165, 1.54) is 0 Å². The first-order valence-corrected chi connectivity index (χ1v) is 5.74. The number of carbonyl (C=O) groups excluding carboxylic acids is 1. The summed E-state index contributed by atoms with van der Waals surface area (Å²) in [7, 11) is 0. The Hall–Kier alpha value is -0.780. The first-order chi connectivity index (χ1) is 7.40. The summed E-state index contributed by atoms with van der Waals surface area (Å²) in [6, 6.07) is 3.28. The van der Waals surface area contributed by atoms with Gasteiger partial charge in [-0.3, -0.25) is 4.79 Å². The van der Waals surface area contributed by atoms with Crippen LogP contribution in [0.4, 0.5) is 5.69 Å². The maximum Gasteiger partial charge on any atom is 0.226 e. The van der Waals surface area contributed by atoms with Crippen LogP contribution < -0.4 is 11.1 Å². The van der Waals surface area contributed by atoms with E-state index in [0.717, 1.165) is 5.56 Å². The van der Waals surface area contributed by atoms with E-state index in [9.17, 15) is 9.90 Å². The number of amides is 1. The second kappa shape index (κ2) is 6.83. The molecule has 4 N–H and O–H groups in total. The lowest BCUT2D eigenvalue weighted by Crippen LogP contribution is -2.24. The summed E-state index contributed by atoms with van der Waals surface area (Å²) in [5.74, 6) is -0.175. The molecule has 0 aliphatic heterocycles. The monoisotopic (exact) mass is 322 g/mol. The van der Waals surface area contributed by atoms with Gasteiger partial charge in [0.25, 0.3) is 0 Å². The molecule has 0 heterocycles. The van der Waals surface area contributed by atoms with Gasteiger partial charge in [0, 0.05) is 12.5 Å². The number of halogens is 2. The maximum absolute atomic E-state index is 11.5. The van der Waals surface area contributed by atoms with Crippen LogP contribution >= 0.6 is 28.3 Å². The van der Waals surface area contributed by atoms with Gasteiger partial charge in [0.05, 0.1) is 10.2 Å². The molecule has 0 saturated carbocycles. The van der Waals surface area contributed by atoms with Crippen LogP contribution in [0.2, 0.25) is 0 Å².